The maximum atomic E-state index is 6.01. The fourth-order valence-electron chi connectivity index (χ4n) is 2.48. The van der Waals surface area contributed by atoms with Crippen LogP contribution in [0.5, 0.6) is 0 Å². The molecule has 2 unspecified atom stereocenters. The SMILES string of the molecule is CC1(N)C2CCCCC21. The van der Waals surface area contributed by atoms with Crippen LogP contribution in [0.15, 0.2) is 0 Å². The second kappa shape index (κ2) is 1.51. The first-order valence-corrected chi connectivity index (χ1v) is 4.02. The lowest BCUT2D eigenvalue weighted by Gasteiger charge is -2.04. The summed E-state index contributed by atoms with van der Waals surface area (Å²) in [6, 6.07) is 0. The number of hydrogen-bond donors (Lipinski definition) is 1. The zero-order chi connectivity index (χ0) is 6.48. The molecule has 2 aliphatic rings. The summed E-state index contributed by atoms with van der Waals surface area (Å²) in [6.07, 6.45) is 5.65. The Kier molecular flexibility index (Phi) is 0.963. The molecular weight excluding hydrogens is 110 g/mol. The van der Waals surface area contributed by atoms with Gasteiger partial charge in [0.05, 0.1) is 0 Å². The van der Waals surface area contributed by atoms with Crippen molar-refractivity contribution in [1.29, 1.82) is 0 Å². The van der Waals surface area contributed by atoms with E-state index in [4.69, 9.17) is 5.73 Å². The highest BCUT2D eigenvalue weighted by Gasteiger charge is 2.58. The monoisotopic (exact) mass is 125 g/mol. The molecule has 2 saturated carbocycles. The highest BCUT2D eigenvalue weighted by Crippen LogP contribution is 2.56. The van der Waals surface area contributed by atoms with Crippen molar-refractivity contribution in [1.82, 2.24) is 0 Å². The maximum absolute atomic E-state index is 6.01. The van der Waals surface area contributed by atoms with Crippen LogP contribution in [0.2, 0.25) is 0 Å². The Bertz CT molecular complexity index is 115. The predicted octanol–water partition coefficient (Wildman–Crippen LogP) is 1.52. The molecule has 1 nitrogen and oxygen atoms in total. The summed E-state index contributed by atoms with van der Waals surface area (Å²) in [5.74, 6) is 1.79. The van der Waals surface area contributed by atoms with E-state index < -0.39 is 0 Å². The van der Waals surface area contributed by atoms with Gasteiger partial charge in [0.25, 0.3) is 0 Å². The third kappa shape index (κ3) is 0.644. The van der Waals surface area contributed by atoms with Crippen LogP contribution < -0.4 is 5.73 Å². The van der Waals surface area contributed by atoms with Crippen molar-refractivity contribution in [3.8, 4) is 0 Å². The predicted molar refractivity (Wildman–Crippen MR) is 38.0 cm³/mol. The summed E-state index contributed by atoms with van der Waals surface area (Å²) in [5, 5.41) is 0. The van der Waals surface area contributed by atoms with Crippen molar-refractivity contribution in [2.45, 2.75) is 38.1 Å². The zero-order valence-electron chi connectivity index (χ0n) is 6.06. The Hall–Kier alpha value is -0.0400. The average Bonchev–Trinajstić information content (AvgIpc) is 2.39. The van der Waals surface area contributed by atoms with Gasteiger partial charge in [-0.3, -0.25) is 0 Å². The third-order valence-corrected chi connectivity index (χ3v) is 3.25. The first-order valence-electron chi connectivity index (χ1n) is 4.02. The molecule has 0 saturated heterocycles. The van der Waals surface area contributed by atoms with Gasteiger partial charge in [-0.25, -0.2) is 0 Å². The van der Waals surface area contributed by atoms with Gasteiger partial charge < -0.3 is 5.73 Å². The Labute approximate surface area is 56.6 Å². The van der Waals surface area contributed by atoms with Gasteiger partial charge in [-0.2, -0.15) is 0 Å². The molecular formula is C8H15N. The van der Waals surface area contributed by atoms with Crippen LogP contribution in [0.4, 0.5) is 0 Å². The van der Waals surface area contributed by atoms with Crippen LogP contribution in [-0.4, -0.2) is 5.54 Å². The highest BCUT2D eigenvalue weighted by molar-refractivity contribution is 5.13. The first kappa shape index (κ1) is 5.72. The molecule has 52 valence electrons. The average molecular weight is 125 g/mol. The van der Waals surface area contributed by atoms with Gasteiger partial charge in [0.1, 0.15) is 0 Å². The maximum Gasteiger partial charge on any atom is 0.0189 e. The molecule has 0 amide bonds. The molecule has 0 aromatic rings. The molecule has 0 spiro atoms. The Balaban J connectivity index is 2.06. The van der Waals surface area contributed by atoms with Crippen molar-refractivity contribution in [3.63, 3.8) is 0 Å². The van der Waals surface area contributed by atoms with E-state index in [1.54, 1.807) is 0 Å². The Morgan fingerprint density at radius 1 is 1.22 bits per heavy atom. The number of rotatable bonds is 0. The smallest absolute Gasteiger partial charge is 0.0189 e. The molecule has 2 atom stereocenters. The number of hydrogen-bond acceptors (Lipinski definition) is 1. The quantitative estimate of drug-likeness (QED) is 0.522. The lowest BCUT2D eigenvalue weighted by Crippen LogP contribution is -2.21. The topological polar surface area (TPSA) is 26.0 Å². The molecule has 0 aliphatic heterocycles. The summed E-state index contributed by atoms with van der Waals surface area (Å²) in [5.41, 5.74) is 6.26. The van der Waals surface area contributed by atoms with E-state index in [-0.39, 0.29) is 5.54 Å². The Morgan fingerprint density at radius 2 is 1.67 bits per heavy atom. The standard InChI is InChI=1S/C8H15N/c1-8(9)6-4-2-3-5-7(6)8/h6-7H,2-5,9H2,1H3. The van der Waals surface area contributed by atoms with E-state index in [0.29, 0.717) is 0 Å². The van der Waals surface area contributed by atoms with E-state index in [1.165, 1.54) is 25.7 Å². The molecule has 0 aromatic heterocycles. The van der Waals surface area contributed by atoms with Crippen molar-refractivity contribution in [2.24, 2.45) is 17.6 Å². The van der Waals surface area contributed by atoms with E-state index in [9.17, 15) is 0 Å². The molecule has 9 heavy (non-hydrogen) atoms. The summed E-state index contributed by atoms with van der Waals surface area (Å²) < 4.78 is 0. The second-order valence-corrected chi connectivity index (χ2v) is 3.86. The molecule has 2 rings (SSSR count). The second-order valence-electron chi connectivity index (χ2n) is 3.86. The summed E-state index contributed by atoms with van der Waals surface area (Å²) in [6.45, 7) is 2.22. The van der Waals surface area contributed by atoms with Crippen molar-refractivity contribution in [3.05, 3.63) is 0 Å². The van der Waals surface area contributed by atoms with Gasteiger partial charge in [0.2, 0.25) is 0 Å². The molecule has 0 heterocycles. The van der Waals surface area contributed by atoms with Crippen molar-refractivity contribution < 1.29 is 0 Å². The zero-order valence-corrected chi connectivity index (χ0v) is 6.06. The van der Waals surface area contributed by atoms with Crippen LogP contribution in [0, 0.1) is 11.8 Å². The Morgan fingerprint density at radius 3 is 2.00 bits per heavy atom. The van der Waals surface area contributed by atoms with Crippen molar-refractivity contribution >= 4 is 0 Å². The highest BCUT2D eigenvalue weighted by atomic mass is 14.9. The molecule has 2 aliphatic carbocycles. The molecule has 1 heteroatoms. The van der Waals surface area contributed by atoms with E-state index in [2.05, 4.69) is 6.92 Å². The van der Waals surface area contributed by atoms with E-state index in [1.807, 2.05) is 0 Å². The minimum atomic E-state index is 0.247. The minimum Gasteiger partial charge on any atom is -0.325 e. The molecule has 0 radical (unpaired) electrons. The first-order chi connectivity index (χ1) is 4.23. The normalized spacial score (nSPS) is 56.7. The number of fused-ring (bicyclic) bond motifs is 1. The largest absolute Gasteiger partial charge is 0.325 e. The lowest BCUT2D eigenvalue weighted by atomic mass is 10.0. The van der Waals surface area contributed by atoms with Crippen LogP contribution >= 0.6 is 0 Å². The van der Waals surface area contributed by atoms with Crippen molar-refractivity contribution in [2.75, 3.05) is 0 Å². The third-order valence-electron chi connectivity index (χ3n) is 3.25. The number of nitrogens with two attached hydrogens (primary N) is 1. The summed E-state index contributed by atoms with van der Waals surface area (Å²) in [4.78, 5) is 0. The van der Waals surface area contributed by atoms with Crippen LogP contribution in [0.3, 0.4) is 0 Å². The molecule has 2 fully saturated rings. The van der Waals surface area contributed by atoms with Crippen LogP contribution in [0.25, 0.3) is 0 Å². The van der Waals surface area contributed by atoms with Crippen LogP contribution in [-0.2, 0) is 0 Å². The fraction of sp³-hybridized carbons (Fsp3) is 1.00. The van der Waals surface area contributed by atoms with Gasteiger partial charge in [-0.15, -0.1) is 0 Å². The molecule has 0 aromatic carbocycles. The van der Waals surface area contributed by atoms with E-state index in [0.717, 1.165) is 11.8 Å². The fourth-order valence-corrected chi connectivity index (χ4v) is 2.48. The van der Waals surface area contributed by atoms with Gasteiger partial charge in [-0.05, 0) is 31.6 Å². The lowest BCUT2D eigenvalue weighted by molar-refractivity contribution is 0.480. The minimum absolute atomic E-state index is 0.247. The van der Waals surface area contributed by atoms with E-state index >= 15 is 0 Å². The summed E-state index contributed by atoms with van der Waals surface area (Å²) in [7, 11) is 0. The van der Waals surface area contributed by atoms with Gasteiger partial charge >= 0.3 is 0 Å². The summed E-state index contributed by atoms with van der Waals surface area (Å²) >= 11 is 0. The van der Waals surface area contributed by atoms with Gasteiger partial charge in [0.15, 0.2) is 0 Å². The molecule has 0 bridgehead atoms. The van der Waals surface area contributed by atoms with Gasteiger partial charge in [-0.1, -0.05) is 12.8 Å². The van der Waals surface area contributed by atoms with Crippen LogP contribution in [0.1, 0.15) is 32.6 Å². The van der Waals surface area contributed by atoms with Gasteiger partial charge in [0, 0.05) is 5.54 Å². The molecule has 2 N–H and O–H groups in total.